The van der Waals surface area contributed by atoms with Crippen molar-refractivity contribution in [2.75, 3.05) is 19.6 Å². The third-order valence-electron chi connectivity index (χ3n) is 2.66. The summed E-state index contributed by atoms with van der Waals surface area (Å²) in [4.78, 5) is 0. The summed E-state index contributed by atoms with van der Waals surface area (Å²) < 4.78 is 13.5. The Bertz CT molecular complexity index is 326. The molecule has 1 rings (SSSR count). The van der Waals surface area contributed by atoms with E-state index in [-0.39, 0.29) is 5.82 Å². The zero-order valence-corrected chi connectivity index (χ0v) is 10.9. The van der Waals surface area contributed by atoms with Crippen molar-refractivity contribution in [3.8, 4) is 0 Å². The van der Waals surface area contributed by atoms with Crippen LogP contribution in [0.1, 0.15) is 30.9 Å². The molecular weight excluding hydrogens is 215 g/mol. The molecule has 0 saturated carbocycles. The first-order valence-electron chi connectivity index (χ1n) is 6.40. The Kier molecular flexibility index (Phi) is 6.82. The molecule has 0 aliphatic carbocycles. The number of rotatable bonds is 8. The largest absolute Gasteiger partial charge is 0.317 e. The second-order valence-electron chi connectivity index (χ2n) is 4.38. The minimum atomic E-state index is -0.110. The highest BCUT2D eigenvalue weighted by atomic mass is 19.1. The van der Waals surface area contributed by atoms with Crippen molar-refractivity contribution in [3.05, 3.63) is 35.1 Å². The fourth-order valence-electron chi connectivity index (χ4n) is 1.66. The summed E-state index contributed by atoms with van der Waals surface area (Å²) in [5, 5.41) is 6.60. The van der Waals surface area contributed by atoms with Crippen LogP contribution in [0, 0.1) is 12.7 Å². The van der Waals surface area contributed by atoms with Gasteiger partial charge in [0.05, 0.1) is 0 Å². The van der Waals surface area contributed by atoms with E-state index >= 15 is 0 Å². The lowest BCUT2D eigenvalue weighted by Crippen LogP contribution is -2.22. The quantitative estimate of drug-likeness (QED) is 0.680. The molecule has 0 atom stereocenters. The number of benzene rings is 1. The summed E-state index contributed by atoms with van der Waals surface area (Å²) in [6.07, 6.45) is 2.25. The van der Waals surface area contributed by atoms with Crippen molar-refractivity contribution in [2.45, 2.75) is 33.2 Å². The zero-order chi connectivity index (χ0) is 12.5. The minimum Gasteiger partial charge on any atom is -0.317 e. The third-order valence-corrected chi connectivity index (χ3v) is 2.66. The second kappa shape index (κ2) is 8.20. The average molecular weight is 238 g/mol. The number of aryl methyl sites for hydroxylation is 1. The first kappa shape index (κ1) is 14.1. The summed E-state index contributed by atoms with van der Waals surface area (Å²) >= 11 is 0. The van der Waals surface area contributed by atoms with E-state index in [0.29, 0.717) is 6.54 Å². The van der Waals surface area contributed by atoms with E-state index in [4.69, 9.17) is 0 Å². The Morgan fingerprint density at radius 1 is 1.12 bits per heavy atom. The van der Waals surface area contributed by atoms with Crippen molar-refractivity contribution in [1.82, 2.24) is 10.6 Å². The predicted molar refractivity (Wildman–Crippen MR) is 70.6 cm³/mol. The molecule has 0 aliphatic heterocycles. The van der Waals surface area contributed by atoms with Crippen LogP contribution in [0.2, 0.25) is 0 Å². The van der Waals surface area contributed by atoms with Crippen LogP contribution in [-0.4, -0.2) is 19.6 Å². The van der Waals surface area contributed by atoms with Crippen molar-refractivity contribution in [2.24, 2.45) is 0 Å². The van der Waals surface area contributed by atoms with Gasteiger partial charge in [0.1, 0.15) is 5.82 Å². The lowest BCUT2D eigenvalue weighted by atomic mass is 10.1. The van der Waals surface area contributed by atoms with E-state index in [1.807, 2.05) is 19.1 Å². The Hall–Kier alpha value is -0.930. The topological polar surface area (TPSA) is 24.1 Å². The maximum atomic E-state index is 13.5. The van der Waals surface area contributed by atoms with Crippen molar-refractivity contribution < 1.29 is 4.39 Å². The molecule has 0 amide bonds. The van der Waals surface area contributed by atoms with Crippen molar-refractivity contribution >= 4 is 0 Å². The molecule has 2 nitrogen and oxygen atoms in total. The standard InChI is InChI=1S/C14H23FN2/c1-3-7-16-8-4-9-17-11-13-6-5-12(2)10-14(13)15/h5-6,10,16-17H,3-4,7-9,11H2,1-2H3. The van der Waals surface area contributed by atoms with Crippen molar-refractivity contribution in [3.63, 3.8) is 0 Å². The molecule has 0 heterocycles. The van der Waals surface area contributed by atoms with E-state index < -0.39 is 0 Å². The summed E-state index contributed by atoms with van der Waals surface area (Å²) in [6.45, 7) is 7.69. The van der Waals surface area contributed by atoms with Crippen molar-refractivity contribution in [1.29, 1.82) is 0 Å². The zero-order valence-electron chi connectivity index (χ0n) is 10.9. The van der Waals surface area contributed by atoms with Crippen LogP contribution in [-0.2, 0) is 6.54 Å². The lowest BCUT2D eigenvalue weighted by molar-refractivity contribution is 0.566. The van der Waals surface area contributed by atoms with E-state index in [1.54, 1.807) is 6.07 Å². The molecule has 3 heteroatoms. The number of halogens is 1. The van der Waals surface area contributed by atoms with Gasteiger partial charge >= 0.3 is 0 Å². The molecule has 1 aromatic rings. The molecule has 96 valence electrons. The van der Waals surface area contributed by atoms with Gasteiger partial charge in [0.15, 0.2) is 0 Å². The minimum absolute atomic E-state index is 0.110. The maximum Gasteiger partial charge on any atom is 0.127 e. The van der Waals surface area contributed by atoms with Crippen LogP contribution in [0.15, 0.2) is 18.2 Å². The maximum absolute atomic E-state index is 13.5. The van der Waals surface area contributed by atoms with E-state index in [1.165, 1.54) is 6.42 Å². The van der Waals surface area contributed by atoms with Crippen LogP contribution < -0.4 is 10.6 Å². The summed E-state index contributed by atoms with van der Waals surface area (Å²) in [6, 6.07) is 5.38. The second-order valence-corrected chi connectivity index (χ2v) is 4.38. The molecule has 0 fully saturated rings. The van der Waals surface area contributed by atoms with Gasteiger partial charge in [0.2, 0.25) is 0 Å². The molecule has 1 aromatic carbocycles. The highest BCUT2D eigenvalue weighted by Crippen LogP contribution is 2.09. The molecule has 0 saturated heterocycles. The molecule has 0 aliphatic rings. The first-order chi connectivity index (χ1) is 8.24. The van der Waals surface area contributed by atoms with Crippen LogP contribution >= 0.6 is 0 Å². The molecule has 0 radical (unpaired) electrons. The fraction of sp³-hybridized carbons (Fsp3) is 0.571. The van der Waals surface area contributed by atoms with Gasteiger partial charge in [-0.25, -0.2) is 4.39 Å². The van der Waals surface area contributed by atoms with E-state index in [2.05, 4.69) is 17.6 Å². The third kappa shape index (κ3) is 5.80. The molecule has 0 aromatic heterocycles. The Morgan fingerprint density at radius 2 is 1.88 bits per heavy atom. The molecule has 0 spiro atoms. The monoisotopic (exact) mass is 238 g/mol. The SMILES string of the molecule is CCCNCCCNCc1ccc(C)cc1F. The molecule has 0 unspecified atom stereocenters. The fourth-order valence-corrected chi connectivity index (χ4v) is 1.66. The van der Waals surface area contributed by atoms with E-state index in [9.17, 15) is 4.39 Å². The van der Waals surface area contributed by atoms with Gasteiger partial charge in [-0.15, -0.1) is 0 Å². The smallest absolute Gasteiger partial charge is 0.127 e. The normalized spacial score (nSPS) is 10.8. The number of hydrogen-bond acceptors (Lipinski definition) is 2. The van der Waals surface area contributed by atoms with Gasteiger partial charge in [0.25, 0.3) is 0 Å². The van der Waals surface area contributed by atoms with Gasteiger partial charge in [-0.05, 0) is 51.0 Å². The van der Waals surface area contributed by atoms with Gasteiger partial charge in [-0.1, -0.05) is 19.1 Å². The van der Waals surface area contributed by atoms with Gasteiger partial charge < -0.3 is 10.6 Å². The summed E-state index contributed by atoms with van der Waals surface area (Å²) in [7, 11) is 0. The number of hydrogen-bond donors (Lipinski definition) is 2. The first-order valence-corrected chi connectivity index (χ1v) is 6.40. The summed E-state index contributed by atoms with van der Waals surface area (Å²) in [5.74, 6) is -0.110. The van der Waals surface area contributed by atoms with E-state index in [0.717, 1.165) is 37.2 Å². The van der Waals surface area contributed by atoms with Crippen LogP contribution in [0.25, 0.3) is 0 Å². The molecule has 0 bridgehead atoms. The highest BCUT2D eigenvalue weighted by Gasteiger charge is 2.00. The van der Waals surface area contributed by atoms with Gasteiger partial charge in [0, 0.05) is 12.1 Å². The molecular formula is C14H23FN2. The van der Waals surface area contributed by atoms with Gasteiger partial charge in [-0.3, -0.25) is 0 Å². The van der Waals surface area contributed by atoms with Gasteiger partial charge in [-0.2, -0.15) is 0 Å². The highest BCUT2D eigenvalue weighted by molar-refractivity contribution is 5.23. The van der Waals surface area contributed by atoms with Crippen LogP contribution in [0.3, 0.4) is 0 Å². The Balaban J connectivity index is 2.14. The Morgan fingerprint density at radius 3 is 2.59 bits per heavy atom. The Labute approximate surface area is 104 Å². The molecule has 2 N–H and O–H groups in total. The lowest BCUT2D eigenvalue weighted by Gasteiger charge is -2.07. The van der Waals surface area contributed by atoms with Crippen LogP contribution in [0.5, 0.6) is 0 Å². The van der Waals surface area contributed by atoms with Crippen LogP contribution in [0.4, 0.5) is 4.39 Å². The average Bonchev–Trinajstić information content (AvgIpc) is 2.30. The summed E-state index contributed by atoms with van der Waals surface area (Å²) in [5.41, 5.74) is 1.71. The predicted octanol–water partition coefficient (Wildman–Crippen LogP) is 2.61. The molecule has 17 heavy (non-hydrogen) atoms. The number of nitrogens with one attached hydrogen (secondary N) is 2.